The van der Waals surface area contributed by atoms with Gasteiger partial charge in [0.1, 0.15) is 0 Å². The summed E-state index contributed by atoms with van der Waals surface area (Å²) in [5, 5.41) is 14.2. The Balaban J connectivity index is 1.61. The fourth-order valence-electron chi connectivity index (χ4n) is 3.90. The van der Waals surface area contributed by atoms with E-state index in [1.807, 2.05) is 65.3 Å². The van der Waals surface area contributed by atoms with Crippen molar-refractivity contribution < 1.29 is 10.0 Å². The van der Waals surface area contributed by atoms with Gasteiger partial charge in [0.05, 0.1) is 35.2 Å². The molecule has 3 aromatic carbocycles. The number of amides is 1. The van der Waals surface area contributed by atoms with Crippen molar-refractivity contribution in [2.24, 2.45) is 7.05 Å². The van der Waals surface area contributed by atoms with Gasteiger partial charge in [-0.15, -0.1) is 0 Å². The molecule has 5 rings (SSSR count). The van der Waals surface area contributed by atoms with E-state index >= 15 is 0 Å². The molecule has 0 aliphatic rings. The van der Waals surface area contributed by atoms with Crippen molar-refractivity contribution in [1.29, 1.82) is 0 Å². The summed E-state index contributed by atoms with van der Waals surface area (Å²) in [4.78, 5) is 28.7. The van der Waals surface area contributed by atoms with Gasteiger partial charge in [0.2, 0.25) is 0 Å². The SMILES string of the molecule is Cn1cnc2ccc(-c3cc(-c4ccc(Br)cc4)nn3Cc3ccc(C(=O)NO)cc3)cc2c1=O. The van der Waals surface area contributed by atoms with Gasteiger partial charge in [-0.25, -0.2) is 10.5 Å². The molecule has 1 amide bonds. The molecular formula is C26H20BrN5O3. The van der Waals surface area contributed by atoms with Crippen molar-refractivity contribution in [3.8, 4) is 22.5 Å². The number of fused-ring (bicyclic) bond motifs is 1. The first-order valence-electron chi connectivity index (χ1n) is 10.8. The van der Waals surface area contributed by atoms with Crippen molar-refractivity contribution in [3.63, 3.8) is 0 Å². The van der Waals surface area contributed by atoms with E-state index < -0.39 is 5.91 Å². The van der Waals surface area contributed by atoms with Gasteiger partial charge < -0.3 is 4.57 Å². The van der Waals surface area contributed by atoms with Crippen molar-refractivity contribution in [2.75, 3.05) is 0 Å². The highest BCUT2D eigenvalue weighted by molar-refractivity contribution is 9.10. The number of benzene rings is 3. The molecule has 0 radical (unpaired) electrons. The minimum absolute atomic E-state index is 0.117. The molecule has 0 atom stereocenters. The van der Waals surface area contributed by atoms with Crippen molar-refractivity contribution in [1.82, 2.24) is 24.8 Å². The molecule has 2 N–H and O–H groups in total. The maximum Gasteiger partial charge on any atom is 0.274 e. The van der Waals surface area contributed by atoms with E-state index in [1.54, 1.807) is 24.7 Å². The number of rotatable bonds is 5. The second kappa shape index (κ2) is 9.28. The molecule has 0 saturated heterocycles. The Morgan fingerprint density at radius 2 is 1.71 bits per heavy atom. The lowest BCUT2D eigenvalue weighted by Crippen LogP contribution is -2.18. The zero-order valence-electron chi connectivity index (χ0n) is 18.6. The molecule has 35 heavy (non-hydrogen) atoms. The number of carbonyl (C=O) groups excluding carboxylic acids is 1. The Hall–Kier alpha value is -4.08. The van der Waals surface area contributed by atoms with Crippen LogP contribution < -0.4 is 11.0 Å². The fraction of sp³-hybridized carbons (Fsp3) is 0.0769. The van der Waals surface area contributed by atoms with Crippen molar-refractivity contribution >= 4 is 32.7 Å². The van der Waals surface area contributed by atoms with E-state index in [0.717, 1.165) is 32.6 Å². The lowest BCUT2D eigenvalue weighted by molar-refractivity contribution is 0.0706. The molecule has 0 unspecified atom stereocenters. The zero-order chi connectivity index (χ0) is 24.5. The Morgan fingerprint density at radius 3 is 2.43 bits per heavy atom. The second-order valence-corrected chi connectivity index (χ2v) is 9.03. The van der Waals surface area contributed by atoms with Crippen LogP contribution in [-0.4, -0.2) is 30.4 Å². The van der Waals surface area contributed by atoms with Gasteiger partial charge in [-0.2, -0.15) is 5.10 Å². The smallest absolute Gasteiger partial charge is 0.274 e. The lowest BCUT2D eigenvalue weighted by Gasteiger charge is -2.09. The molecule has 2 heterocycles. The van der Waals surface area contributed by atoms with Crippen LogP contribution in [0.3, 0.4) is 0 Å². The molecular weight excluding hydrogens is 510 g/mol. The Kier molecular flexibility index (Phi) is 6.02. The predicted molar refractivity (Wildman–Crippen MR) is 136 cm³/mol. The number of aryl methyl sites for hydroxylation is 1. The number of nitrogens with zero attached hydrogens (tertiary/aromatic N) is 4. The first kappa shape index (κ1) is 22.7. The average Bonchev–Trinajstić information content (AvgIpc) is 3.30. The summed E-state index contributed by atoms with van der Waals surface area (Å²) >= 11 is 3.47. The van der Waals surface area contributed by atoms with Gasteiger partial charge in [0.15, 0.2) is 0 Å². The molecule has 0 bridgehead atoms. The Bertz CT molecular complexity index is 1610. The first-order valence-corrected chi connectivity index (χ1v) is 11.5. The van der Waals surface area contributed by atoms with E-state index in [1.165, 1.54) is 10.9 Å². The molecule has 0 fully saturated rings. The summed E-state index contributed by atoms with van der Waals surface area (Å²) in [6, 6.07) is 22.4. The molecule has 174 valence electrons. The molecule has 8 nitrogen and oxygen atoms in total. The third kappa shape index (κ3) is 4.51. The summed E-state index contributed by atoms with van der Waals surface area (Å²) in [6.45, 7) is 0.440. The quantitative estimate of drug-likeness (QED) is 0.259. The normalized spacial score (nSPS) is 11.1. The molecule has 2 aromatic heterocycles. The summed E-state index contributed by atoms with van der Waals surface area (Å²) in [7, 11) is 1.68. The summed E-state index contributed by atoms with van der Waals surface area (Å²) < 4.78 is 4.31. The minimum Gasteiger partial charge on any atom is -0.302 e. The third-order valence-corrected chi connectivity index (χ3v) is 6.31. The minimum atomic E-state index is -0.569. The largest absolute Gasteiger partial charge is 0.302 e. The highest BCUT2D eigenvalue weighted by Gasteiger charge is 2.14. The van der Waals surface area contributed by atoms with E-state index in [-0.39, 0.29) is 5.56 Å². The lowest BCUT2D eigenvalue weighted by atomic mass is 10.1. The average molecular weight is 530 g/mol. The van der Waals surface area contributed by atoms with Gasteiger partial charge in [0, 0.05) is 28.2 Å². The summed E-state index contributed by atoms with van der Waals surface area (Å²) in [6.07, 6.45) is 1.51. The van der Waals surface area contributed by atoms with E-state index in [9.17, 15) is 9.59 Å². The predicted octanol–water partition coefficient (Wildman–Crippen LogP) is 4.39. The highest BCUT2D eigenvalue weighted by atomic mass is 79.9. The molecule has 9 heteroatoms. The third-order valence-electron chi connectivity index (χ3n) is 5.78. The van der Waals surface area contributed by atoms with E-state index in [2.05, 4.69) is 20.9 Å². The molecule has 0 spiro atoms. The van der Waals surface area contributed by atoms with E-state index in [0.29, 0.717) is 23.0 Å². The standard InChI is InChI=1S/C26H20BrN5O3/c1-31-15-28-22-11-8-19(12-21(22)26(31)34)24-13-23(17-6-9-20(27)10-7-17)29-32(24)14-16-2-4-18(5-3-16)25(33)30-35/h2-13,15,35H,14H2,1H3,(H,30,33). The van der Waals surface area contributed by atoms with Crippen LogP contribution in [0.1, 0.15) is 15.9 Å². The van der Waals surface area contributed by atoms with Gasteiger partial charge >= 0.3 is 0 Å². The topological polar surface area (TPSA) is 102 Å². The maximum atomic E-state index is 12.7. The number of aromatic nitrogens is 4. The maximum absolute atomic E-state index is 12.7. The van der Waals surface area contributed by atoms with Crippen LogP contribution in [0.4, 0.5) is 0 Å². The molecule has 0 saturated carbocycles. The van der Waals surface area contributed by atoms with E-state index in [4.69, 9.17) is 10.3 Å². The van der Waals surface area contributed by atoms with Crippen molar-refractivity contribution in [2.45, 2.75) is 6.54 Å². The molecule has 5 aromatic rings. The number of hydrogen-bond donors (Lipinski definition) is 2. The van der Waals surface area contributed by atoms with Crippen LogP contribution in [-0.2, 0) is 13.6 Å². The number of halogens is 1. The summed E-state index contributed by atoms with van der Waals surface area (Å²) in [5.74, 6) is -0.569. The zero-order valence-corrected chi connectivity index (χ0v) is 20.2. The van der Waals surface area contributed by atoms with Crippen molar-refractivity contribution in [3.05, 3.63) is 105 Å². The van der Waals surface area contributed by atoms with Crippen LogP contribution in [0.2, 0.25) is 0 Å². The van der Waals surface area contributed by atoms with Gasteiger partial charge in [-0.3, -0.25) is 19.5 Å². The van der Waals surface area contributed by atoms with Crippen LogP contribution in [0.25, 0.3) is 33.4 Å². The number of carbonyl (C=O) groups is 1. The Morgan fingerprint density at radius 1 is 1.00 bits per heavy atom. The second-order valence-electron chi connectivity index (χ2n) is 8.11. The van der Waals surface area contributed by atoms with Gasteiger partial charge in [-0.1, -0.05) is 46.3 Å². The monoisotopic (exact) mass is 529 g/mol. The number of hydroxylamine groups is 1. The van der Waals surface area contributed by atoms with Gasteiger partial charge in [0.25, 0.3) is 11.5 Å². The number of hydrogen-bond acceptors (Lipinski definition) is 5. The fourth-order valence-corrected chi connectivity index (χ4v) is 4.17. The van der Waals surface area contributed by atoms with Gasteiger partial charge in [-0.05, 0) is 48.0 Å². The highest BCUT2D eigenvalue weighted by Crippen LogP contribution is 2.29. The Labute approximate surface area is 208 Å². The molecule has 0 aliphatic carbocycles. The molecule has 0 aliphatic heterocycles. The van der Waals surface area contributed by atoms with Crippen LogP contribution >= 0.6 is 15.9 Å². The van der Waals surface area contributed by atoms with Crippen LogP contribution in [0.5, 0.6) is 0 Å². The number of nitrogens with one attached hydrogen (secondary N) is 1. The summed E-state index contributed by atoms with van der Waals surface area (Å²) in [5.41, 5.74) is 6.86. The van der Waals surface area contributed by atoms with Crippen LogP contribution in [0, 0.1) is 0 Å². The van der Waals surface area contributed by atoms with Crippen LogP contribution in [0.15, 0.2) is 88.4 Å². The first-order chi connectivity index (χ1) is 16.9.